The summed E-state index contributed by atoms with van der Waals surface area (Å²) < 4.78 is 13.2. The standard InChI is InChI=1S/C11H14FN3O/c12-10-2-1-7(5-9(10)11(13)16)15-8-3-4-14-6-8/h1-2,5,8,14-15H,3-4,6H2,(H2,13,16). The summed E-state index contributed by atoms with van der Waals surface area (Å²) >= 11 is 0. The van der Waals surface area contributed by atoms with Crippen molar-refractivity contribution in [1.82, 2.24) is 5.32 Å². The first-order chi connectivity index (χ1) is 7.66. The van der Waals surface area contributed by atoms with Gasteiger partial charge in [-0.2, -0.15) is 0 Å². The molecule has 0 aromatic heterocycles. The maximum absolute atomic E-state index is 13.2. The Morgan fingerprint density at radius 3 is 3.00 bits per heavy atom. The summed E-state index contributed by atoms with van der Waals surface area (Å²) in [5.41, 5.74) is 5.73. The summed E-state index contributed by atoms with van der Waals surface area (Å²) in [6, 6.07) is 4.65. The summed E-state index contributed by atoms with van der Waals surface area (Å²) in [6.45, 7) is 1.85. The van der Waals surface area contributed by atoms with Crippen molar-refractivity contribution in [2.75, 3.05) is 18.4 Å². The fourth-order valence-electron chi connectivity index (χ4n) is 1.82. The third-order valence-corrected chi connectivity index (χ3v) is 2.66. The summed E-state index contributed by atoms with van der Waals surface area (Å²) in [7, 11) is 0. The van der Waals surface area contributed by atoms with Crippen LogP contribution in [-0.2, 0) is 0 Å². The lowest BCUT2D eigenvalue weighted by Crippen LogP contribution is -2.22. The van der Waals surface area contributed by atoms with E-state index in [2.05, 4.69) is 10.6 Å². The lowest BCUT2D eigenvalue weighted by atomic mass is 10.1. The zero-order chi connectivity index (χ0) is 11.5. The lowest BCUT2D eigenvalue weighted by Gasteiger charge is -2.13. The molecule has 16 heavy (non-hydrogen) atoms. The molecular weight excluding hydrogens is 209 g/mol. The molecule has 4 N–H and O–H groups in total. The van der Waals surface area contributed by atoms with Gasteiger partial charge in [0.25, 0.3) is 5.91 Å². The number of anilines is 1. The molecular formula is C11H14FN3O. The second kappa shape index (κ2) is 4.49. The molecule has 0 spiro atoms. The number of halogens is 1. The second-order valence-corrected chi connectivity index (χ2v) is 3.89. The van der Waals surface area contributed by atoms with Crippen molar-refractivity contribution in [3.8, 4) is 0 Å². The molecule has 1 fully saturated rings. The highest BCUT2D eigenvalue weighted by atomic mass is 19.1. The van der Waals surface area contributed by atoms with Crippen LogP contribution >= 0.6 is 0 Å². The molecule has 1 unspecified atom stereocenters. The van der Waals surface area contributed by atoms with Gasteiger partial charge in [-0.25, -0.2) is 4.39 Å². The van der Waals surface area contributed by atoms with E-state index in [9.17, 15) is 9.18 Å². The van der Waals surface area contributed by atoms with E-state index in [1.54, 1.807) is 6.07 Å². The Kier molecular flexibility index (Phi) is 3.05. The highest BCUT2D eigenvalue weighted by Crippen LogP contribution is 2.16. The van der Waals surface area contributed by atoms with Gasteiger partial charge in [0.15, 0.2) is 0 Å². The largest absolute Gasteiger partial charge is 0.381 e. The Hall–Kier alpha value is -1.62. The fraction of sp³-hybridized carbons (Fsp3) is 0.364. The highest BCUT2D eigenvalue weighted by molar-refractivity contribution is 5.94. The monoisotopic (exact) mass is 223 g/mol. The van der Waals surface area contributed by atoms with E-state index >= 15 is 0 Å². The molecule has 4 nitrogen and oxygen atoms in total. The Morgan fingerprint density at radius 2 is 2.38 bits per heavy atom. The van der Waals surface area contributed by atoms with Crippen molar-refractivity contribution in [2.24, 2.45) is 5.73 Å². The molecule has 0 bridgehead atoms. The smallest absolute Gasteiger partial charge is 0.251 e. The maximum atomic E-state index is 13.2. The molecule has 1 aromatic rings. The Balaban J connectivity index is 2.15. The van der Waals surface area contributed by atoms with Crippen LogP contribution < -0.4 is 16.4 Å². The average molecular weight is 223 g/mol. The number of hydrogen-bond donors (Lipinski definition) is 3. The molecule has 0 saturated carbocycles. The molecule has 1 heterocycles. The topological polar surface area (TPSA) is 67.2 Å². The van der Waals surface area contributed by atoms with E-state index in [-0.39, 0.29) is 5.56 Å². The SMILES string of the molecule is NC(=O)c1cc(NC2CCNC2)ccc1F. The molecule has 1 aliphatic heterocycles. The normalized spacial score (nSPS) is 19.7. The van der Waals surface area contributed by atoms with Gasteiger partial charge >= 0.3 is 0 Å². The van der Waals surface area contributed by atoms with Crippen LogP contribution in [0.25, 0.3) is 0 Å². The Bertz CT molecular complexity index is 402. The minimum atomic E-state index is -0.745. The number of nitrogens with two attached hydrogens (primary N) is 1. The van der Waals surface area contributed by atoms with Gasteiger partial charge in [-0.3, -0.25) is 4.79 Å². The van der Waals surface area contributed by atoms with Crippen molar-refractivity contribution in [1.29, 1.82) is 0 Å². The van der Waals surface area contributed by atoms with Crippen LogP contribution in [-0.4, -0.2) is 25.0 Å². The van der Waals surface area contributed by atoms with E-state index < -0.39 is 11.7 Å². The predicted molar refractivity (Wildman–Crippen MR) is 59.8 cm³/mol. The van der Waals surface area contributed by atoms with Gasteiger partial charge in [0.05, 0.1) is 5.56 Å². The number of carbonyl (C=O) groups excluding carboxylic acids is 1. The van der Waals surface area contributed by atoms with Gasteiger partial charge in [0, 0.05) is 18.3 Å². The summed E-state index contributed by atoms with van der Waals surface area (Å²) in [6.07, 6.45) is 1.02. The molecule has 0 radical (unpaired) electrons. The van der Waals surface area contributed by atoms with Crippen molar-refractivity contribution >= 4 is 11.6 Å². The van der Waals surface area contributed by atoms with Gasteiger partial charge in [-0.05, 0) is 31.2 Å². The van der Waals surface area contributed by atoms with E-state index in [0.29, 0.717) is 6.04 Å². The summed E-state index contributed by atoms with van der Waals surface area (Å²) in [5, 5.41) is 6.44. The molecule has 1 aromatic carbocycles. The second-order valence-electron chi connectivity index (χ2n) is 3.89. The molecule has 5 heteroatoms. The summed E-state index contributed by atoms with van der Waals surface area (Å²) in [4.78, 5) is 11.0. The first-order valence-electron chi connectivity index (χ1n) is 5.23. The number of hydrogen-bond acceptors (Lipinski definition) is 3. The van der Waals surface area contributed by atoms with Gasteiger partial charge in [0.2, 0.25) is 0 Å². The number of amides is 1. The number of nitrogens with one attached hydrogen (secondary N) is 2. The van der Waals surface area contributed by atoms with Crippen LogP contribution in [0.3, 0.4) is 0 Å². The fourth-order valence-corrected chi connectivity index (χ4v) is 1.82. The third kappa shape index (κ3) is 2.30. The van der Waals surface area contributed by atoms with E-state index in [0.717, 1.165) is 25.2 Å². The van der Waals surface area contributed by atoms with Crippen LogP contribution in [0, 0.1) is 5.82 Å². The molecule has 2 rings (SSSR count). The summed E-state index contributed by atoms with van der Waals surface area (Å²) in [5.74, 6) is -1.33. The zero-order valence-electron chi connectivity index (χ0n) is 8.79. The van der Waals surface area contributed by atoms with Gasteiger partial charge in [-0.15, -0.1) is 0 Å². The van der Waals surface area contributed by atoms with Crippen molar-refractivity contribution in [3.63, 3.8) is 0 Å². The maximum Gasteiger partial charge on any atom is 0.251 e. The lowest BCUT2D eigenvalue weighted by molar-refractivity contribution is 0.0996. The van der Waals surface area contributed by atoms with E-state index in [4.69, 9.17) is 5.73 Å². The predicted octanol–water partition coefficient (Wildman–Crippen LogP) is 0.698. The Labute approximate surface area is 93.0 Å². The minimum absolute atomic E-state index is 0.0732. The third-order valence-electron chi connectivity index (χ3n) is 2.66. The van der Waals surface area contributed by atoms with Crippen LogP contribution in [0.5, 0.6) is 0 Å². The van der Waals surface area contributed by atoms with Gasteiger partial charge < -0.3 is 16.4 Å². The molecule has 0 aliphatic carbocycles. The molecule has 1 saturated heterocycles. The van der Waals surface area contributed by atoms with Crippen LogP contribution in [0.4, 0.5) is 10.1 Å². The Morgan fingerprint density at radius 1 is 1.56 bits per heavy atom. The van der Waals surface area contributed by atoms with Crippen molar-refractivity contribution in [3.05, 3.63) is 29.6 Å². The number of primary amides is 1. The van der Waals surface area contributed by atoms with E-state index in [1.807, 2.05) is 0 Å². The number of rotatable bonds is 3. The van der Waals surface area contributed by atoms with E-state index in [1.165, 1.54) is 12.1 Å². The molecule has 1 amide bonds. The molecule has 1 atom stereocenters. The molecule has 1 aliphatic rings. The van der Waals surface area contributed by atoms with Crippen LogP contribution in [0.15, 0.2) is 18.2 Å². The highest BCUT2D eigenvalue weighted by Gasteiger charge is 2.15. The van der Waals surface area contributed by atoms with Crippen LogP contribution in [0.2, 0.25) is 0 Å². The average Bonchev–Trinajstić information content (AvgIpc) is 2.73. The van der Waals surface area contributed by atoms with Gasteiger partial charge in [-0.1, -0.05) is 0 Å². The molecule has 86 valence electrons. The first-order valence-corrected chi connectivity index (χ1v) is 5.23. The van der Waals surface area contributed by atoms with Crippen LogP contribution in [0.1, 0.15) is 16.8 Å². The van der Waals surface area contributed by atoms with Gasteiger partial charge in [0.1, 0.15) is 5.82 Å². The zero-order valence-corrected chi connectivity index (χ0v) is 8.79. The minimum Gasteiger partial charge on any atom is -0.381 e. The van der Waals surface area contributed by atoms with Crippen molar-refractivity contribution < 1.29 is 9.18 Å². The number of carbonyl (C=O) groups is 1. The quantitative estimate of drug-likeness (QED) is 0.706. The number of benzene rings is 1. The van der Waals surface area contributed by atoms with Crippen molar-refractivity contribution in [2.45, 2.75) is 12.5 Å². The first kappa shape index (κ1) is 10.9.